The maximum Gasteiger partial charge on any atom is 0.270 e. The number of anilines is 1. The van der Waals surface area contributed by atoms with Crippen LogP contribution in [0.5, 0.6) is 0 Å². The number of thiocarbonyl (C=S) groups is 1. The van der Waals surface area contributed by atoms with Crippen LogP contribution in [0.25, 0.3) is 6.08 Å². The standard InChI is InChI=1S/C19H14N2O3S2/c1-13-12-15(21(23)24)10-11-16(13)20-18(22)17(26-19(20)25)9-5-8-14-6-3-2-4-7-14/h2-12H,1H3/b8-5-,17-9-. The zero-order valence-corrected chi connectivity index (χ0v) is 15.4. The van der Waals surface area contributed by atoms with E-state index in [4.69, 9.17) is 12.2 Å². The van der Waals surface area contributed by atoms with Gasteiger partial charge in [0.25, 0.3) is 11.6 Å². The minimum Gasteiger partial charge on any atom is -0.268 e. The van der Waals surface area contributed by atoms with Gasteiger partial charge in [-0.1, -0.05) is 66.5 Å². The van der Waals surface area contributed by atoms with Crippen molar-refractivity contribution < 1.29 is 9.72 Å². The lowest BCUT2D eigenvalue weighted by Crippen LogP contribution is -2.28. The summed E-state index contributed by atoms with van der Waals surface area (Å²) in [6, 6.07) is 14.1. The molecule has 7 heteroatoms. The molecule has 1 aliphatic heterocycles. The quantitative estimate of drug-likeness (QED) is 0.327. The summed E-state index contributed by atoms with van der Waals surface area (Å²) in [4.78, 5) is 25.1. The van der Waals surface area contributed by atoms with Crippen LogP contribution >= 0.6 is 24.0 Å². The Hall–Kier alpha value is -2.77. The SMILES string of the molecule is Cc1cc([N+](=O)[O-])ccc1N1C(=O)/C(=C/C=C\c2ccccc2)SC1=S. The van der Waals surface area contributed by atoms with Crippen LogP contribution in [0.15, 0.2) is 65.6 Å². The third-order valence-corrected chi connectivity index (χ3v) is 5.08. The molecule has 1 aliphatic rings. The normalized spacial score (nSPS) is 16.0. The van der Waals surface area contributed by atoms with Crippen LogP contribution in [0, 0.1) is 17.0 Å². The molecule has 5 nitrogen and oxygen atoms in total. The van der Waals surface area contributed by atoms with Crippen LogP contribution < -0.4 is 4.90 Å². The molecule has 26 heavy (non-hydrogen) atoms. The Labute approximate surface area is 160 Å². The first kappa shape index (κ1) is 18.0. The third-order valence-electron chi connectivity index (χ3n) is 3.76. The van der Waals surface area contributed by atoms with E-state index in [0.717, 1.165) is 5.56 Å². The zero-order chi connectivity index (χ0) is 18.7. The number of hydrogen-bond acceptors (Lipinski definition) is 5. The van der Waals surface area contributed by atoms with Crippen LogP contribution in [-0.4, -0.2) is 15.2 Å². The maximum atomic E-state index is 12.7. The number of carbonyl (C=O) groups is 1. The third kappa shape index (κ3) is 3.74. The van der Waals surface area contributed by atoms with Crippen molar-refractivity contribution in [1.29, 1.82) is 0 Å². The average molecular weight is 382 g/mol. The molecule has 0 spiro atoms. The Morgan fingerprint density at radius 2 is 1.92 bits per heavy atom. The van der Waals surface area contributed by atoms with Crippen molar-refractivity contribution >= 4 is 51.7 Å². The van der Waals surface area contributed by atoms with E-state index in [9.17, 15) is 14.9 Å². The predicted molar refractivity (Wildman–Crippen MR) is 109 cm³/mol. The fourth-order valence-electron chi connectivity index (χ4n) is 2.50. The van der Waals surface area contributed by atoms with Gasteiger partial charge in [0.2, 0.25) is 0 Å². The molecular formula is C19H14N2O3S2. The molecule has 0 aliphatic carbocycles. The summed E-state index contributed by atoms with van der Waals surface area (Å²) in [5, 5.41) is 10.9. The summed E-state index contributed by atoms with van der Waals surface area (Å²) >= 11 is 6.55. The molecule has 0 N–H and O–H groups in total. The van der Waals surface area contributed by atoms with Crippen molar-refractivity contribution in [3.8, 4) is 0 Å². The van der Waals surface area contributed by atoms with Gasteiger partial charge in [0.1, 0.15) is 0 Å². The molecule has 0 aromatic heterocycles. The highest BCUT2D eigenvalue weighted by atomic mass is 32.2. The van der Waals surface area contributed by atoms with Gasteiger partial charge in [-0.05, 0) is 30.2 Å². The fourth-order valence-corrected chi connectivity index (χ4v) is 3.74. The number of aryl methyl sites for hydroxylation is 1. The summed E-state index contributed by atoms with van der Waals surface area (Å²) < 4.78 is 0.409. The highest BCUT2D eigenvalue weighted by Gasteiger charge is 2.34. The van der Waals surface area contributed by atoms with Crippen molar-refractivity contribution in [3.05, 3.63) is 86.8 Å². The van der Waals surface area contributed by atoms with Gasteiger partial charge in [0.05, 0.1) is 15.5 Å². The average Bonchev–Trinajstić information content (AvgIpc) is 2.90. The molecule has 2 aromatic rings. The molecule has 3 rings (SSSR count). The number of allylic oxidation sites excluding steroid dienone is 2. The number of non-ortho nitro benzene ring substituents is 1. The number of nitrogens with zero attached hydrogens (tertiary/aromatic N) is 2. The van der Waals surface area contributed by atoms with Gasteiger partial charge >= 0.3 is 0 Å². The molecule has 1 amide bonds. The summed E-state index contributed by atoms with van der Waals surface area (Å²) in [6.07, 6.45) is 5.45. The number of nitro groups is 1. The second kappa shape index (κ2) is 7.63. The lowest BCUT2D eigenvalue weighted by molar-refractivity contribution is -0.384. The lowest BCUT2D eigenvalue weighted by Gasteiger charge is -2.16. The van der Waals surface area contributed by atoms with E-state index in [0.29, 0.717) is 20.5 Å². The first-order valence-corrected chi connectivity index (χ1v) is 8.94. The summed E-state index contributed by atoms with van der Waals surface area (Å²) in [6.45, 7) is 1.72. The van der Waals surface area contributed by atoms with Gasteiger partial charge in [-0.15, -0.1) is 0 Å². The van der Waals surface area contributed by atoms with E-state index >= 15 is 0 Å². The Bertz CT molecular complexity index is 953. The van der Waals surface area contributed by atoms with Crippen LogP contribution in [0.1, 0.15) is 11.1 Å². The van der Waals surface area contributed by atoms with Gasteiger partial charge in [-0.3, -0.25) is 19.8 Å². The zero-order valence-electron chi connectivity index (χ0n) is 13.8. The Balaban J connectivity index is 1.84. The van der Waals surface area contributed by atoms with Crippen molar-refractivity contribution in [3.63, 3.8) is 0 Å². The molecule has 0 radical (unpaired) electrons. The van der Waals surface area contributed by atoms with Crippen LogP contribution in [0.4, 0.5) is 11.4 Å². The number of thioether (sulfide) groups is 1. The fraction of sp³-hybridized carbons (Fsp3) is 0.0526. The minimum absolute atomic E-state index is 0.0157. The van der Waals surface area contributed by atoms with Crippen molar-refractivity contribution in [2.24, 2.45) is 0 Å². The summed E-state index contributed by atoms with van der Waals surface area (Å²) in [5.41, 5.74) is 2.20. The predicted octanol–water partition coefficient (Wildman–Crippen LogP) is 4.87. The molecular weight excluding hydrogens is 368 g/mol. The van der Waals surface area contributed by atoms with Crippen LogP contribution in [0.2, 0.25) is 0 Å². The van der Waals surface area contributed by atoms with E-state index in [1.807, 2.05) is 42.5 Å². The van der Waals surface area contributed by atoms with Crippen LogP contribution in [-0.2, 0) is 4.79 Å². The number of nitro benzene ring substituents is 1. The van der Waals surface area contributed by atoms with Gasteiger partial charge in [-0.2, -0.15) is 0 Å². The first-order valence-electron chi connectivity index (χ1n) is 7.72. The number of carbonyl (C=O) groups excluding carboxylic acids is 1. The highest BCUT2D eigenvalue weighted by Crippen LogP contribution is 2.37. The Kier molecular flexibility index (Phi) is 5.29. The Morgan fingerprint density at radius 3 is 2.58 bits per heavy atom. The maximum absolute atomic E-state index is 12.7. The first-order chi connectivity index (χ1) is 12.5. The monoisotopic (exact) mass is 382 g/mol. The van der Waals surface area contributed by atoms with E-state index < -0.39 is 4.92 Å². The largest absolute Gasteiger partial charge is 0.270 e. The van der Waals surface area contributed by atoms with E-state index in [1.165, 1.54) is 28.8 Å². The second-order valence-corrected chi connectivity index (χ2v) is 7.21. The van der Waals surface area contributed by atoms with E-state index in [1.54, 1.807) is 19.1 Å². The highest BCUT2D eigenvalue weighted by molar-refractivity contribution is 8.27. The van der Waals surface area contributed by atoms with E-state index in [-0.39, 0.29) is 11.6 Å². The molecule has 0 saturated carbocycles. The number of hydrogen-bond donors (Lipinski definition) is 0. The molecule has 0 bridgehead atoms. The summed E-state index contributed by atoms with van der Waals surface area (Å²) in [5.74, 6) is -0.227. The molecule has 2 aromatic carbocycles. The van der Waals surface area contributed by atoms with E-state index in [2.05, 4.69) is 0 Å². The molecule has 0 atom stereocenters. The topological polar surface area (TPSA) is 63.5 Å². The van der Waals surface area contributed by atoms with Crippen molar-refractivity contribution in [1.82, 2.24) is 0 Å². The molecule has 1 saturated heterocycles. The summed E-state index contributed by atoms with van der Waals surface area (Å²) in [7, 11) is 0. The minimum atomic E-state index is -0.463. The molecule has 1 fully saturated rings. The van der Waals surface area contributed by atoms with Gasteiger partial charge in [-0.25, -0.2) is 0 Å². The van der Waals surface area contributed by atoms with Crippen LogP contribution in [0.3, 0.4) is 0 Å². The lowest BCUT2D eigenvalue weighted by atomic mass is 10.1. The number of rotatable bonds is 4. The van der Waals surface area contributed by atoms with Gasteiger partial charge in [0, 0.05) is 12.1 Å². The molecule has 0 unspecified atom stereocenters. The van der Waals surface area contributed by atoms with Gasteiger partial charge < -0.3 is 0 Å². The van der Waals surface area contributed by atoms with Crippen molar-refractivity contribution in [2.45, 2.75) is 6.92 Å². The van der Waals surface area contributed by atoms with Gasteiger partial charge in [0.15, 0.2) is 4.32 Å². The molecule has 130 valence electrons. The second-order valence-electron chi connectivity index (χ2n) is 5.54. The number of amides is 1. The molecule has 1 heterocycles. The number of benzene rings is 2. The smallest absolute Gasteiger partial charge is 0.268 e. The Morgan fingerprint density at radius 1 is 1.19 bits per heavy atom. The van der Waals surface area contributed by atoms with Crippen molar-refractivity contribution in [2.75, 3.05) is 4.90 Å².